The number of carbonyl (C=O) groups excluding carboxylic acids is 1. The lowest BCUT2D eigenvalue weighted by atomic mass is 9.78. The van der Waals surface area contributed by atoms with Crippen LogP contribution in [0.3, 0.4) is 0 Å². The molecule has 1 N–H and O–H groups in total. The summed E-state index contributed by atoms with van der Waals surface area (Å²) < 4.78 is 20.0. The number of amides is 1. The summed E-state index contributed by atoms with van der Waals surface area (Å²) in [4.78, 5) is 19.9. The van der Waals surface area contributed by atoms with Gasteiger partial charge in [-0.15, -0.1) is 11.8 Å². The number of rotatable bonds is 6. The molecule has 4 heterocycles. The normalized spacial score (nSPS) is 22.6. The number of nitrogens with one attached hydrogen (secondary N) is 1. The molecule has 4 nitrogen and oxygen atoms in total. The van der Waals surface area contributed by atoms with Crippen LogP contribution in [0.15, 0.2) is 94.5 Å². The minimum Gasteiger partial charge on any atom is -0.490 e. The van der Waals surface area contributed by atoms with E-state index < -0.39 is 5.54 Å². The Balaban J connectivity index is 1.32. The Hall–Kier alpha value is -3.42. The van der Waals surface area contributed by atoms with E-state index in [4.69, 9.17) is 9.72 Å². The highest BCUT2D eigenvalue weighted by Crippen LogP contribution is 2.44. The van der Waals surface area contributed by atoms with Crippen molar-refractivity contribution < 1.29 is 13.9 Å². The van der Waals surface area contributed by atoms with Gasteiger partial charge in [-0.25, -0.2) is 4.39 Å². The highest BCUT2D eigenvalue weighted by Gasteiger charge is 2.46. The number of piperidine rings is 1. The first-order chi connectivity index (χ1) is 18.9. The third-order valence-corrected chi connectivity index (χ3v) is 9.82. The molecule has 2 aliphatic rings. The number of thioether (sulfide) groups is 1. The number of ether oxygens (including phenoxy) is 1. The van der Waals surface area contributed by atoms with Gasteiger partial charge in [0.25, 0.3) is 0 Å². The molecular formula is C32H29FN2O2S2. The zero-order chi connectivity index (χ0) is 27.0. The van der Waals surface area contributed by atoms with E-state index in [1.54, 1.807) is 29.2 Å². The van der Waals surface area contributed by atoms with Gasteiger partial charge in [-0.3, -0.25) is 9.78 Å². The number of aromatic nitrogens is 1. The highest BCUT2D eigenvalue weighted by molar-refractivity contribution is 8.00. The van der Waals surface area contributed by atoms with Gasteiger partial charge in [0.1, 0.15) is 10.8 Å². The van der Waals surface area contributed by atoms with Crippen molar-refractivity contribution in [1.29, 1.82) is 0 Å². The molecule has 4 aromatic rings. The molecule has 0 spiro atoms. The Morgan fingerprint density at radius 1 is 1.15 bits per heavy atom. The quantitative estimate of drug-likeness (QED) is 0.256. The van der Waals surface area contributed by atoms with Crippen molar-refractivity contribution in [3.05, 3.63) is 124 Å². The maximum Gasteiger partial charge on any atom is 0.238 e. The third-order valence-electron chi connectivity index (χ3n) is 7.64. The number of pyridine rings is 1. The van der Waals surface area contributed by atoms with Crippen LogP contribution in [0.2, 0.25) is 0 Å². The first-order valence-corrected chi connectivity index (χ1v) is 14.9. The second kappa shape index (κ2) is 10.6. The molecule has 0 bridgehead atoms. The minimum absolute atomic E-state index is 0.0632. The largest absolute Gasteiger partial charge is 0.490 e. The number of nitrogens with zero attached hydrogens (tertiary/aromatic N) is 1. The molecule has 0 saturated carbocycles. The molecule has 1 saturated heterocycles. The third kappa shape index (κ3) is 4.90. The molecule has 0 radical (unpaired) electrons. The topological polar surface area (TPSA) is 51.2 Å². The van der Waals surface area contributed by atoms with Crippen molar-refractivity contribution in [2.75, 3.05) is 6.61 Å². The minimum atomic E-state index is -0.799. The first-order valence-electron chi connectivity index (χ1n) is 13.1. The summed E-state index contributed by atoms with van der Waals surface area (Å²) in [5, 5.41) is 7.10. The smallest absolute Gasteiger partial charge is 0.238 e. The predicted molar refractivity (Wildman–Crippen MR) is 155 cm³/mol. The number of hydrogen-bond donors (Lipinski definition) is 1. The lowest BCUT2D eigenvalue weighted by Gasteiger charge is -2.41. The Morgan fingerprint density at radius 3 is 2.79 bits per heavy atom. The molecule has 198 valence electrons. The summed E-state index contributed by atoms with van der Waals surface area (Å²) in [5.74, 6) is 0.0754. The SMILES string of the molecule is C=C1CC(c2ccsc2)(c2cccc(C[C@@H]3CCOc4c(F)cccc43)n2)NC(=O)C1Sc1ccccc1C. The average molecular weight is 557 g/mol. The number of benzene rings is 2. The molecule has 2 unspecified atom stereocenters. The van der Waals surface area contributed by atoms with Crippen LogP contribution in [0.4, 0.5) is 4.39 Å². The van der Waals surface area contributed by atoms with Crippen LogP contribution in [0.1, 0.15) is 46.8 Å². The molecule has 2 aromatic heterocycles. The van der Waals surface area contributed by atoms with Crippen molar-refractivity contribution in [2.45, 2.75) is 47.8 Å². The van der Waals surface area contributed by atoms with Gasteiger partial charge >= 0.3 is 0 Å². The number of carbonyl (C=O) groups is 1. The van der Waals surface area contributed by atoms with Crippen LogP contribution in [0.25, 0.3) is 0 Å². The lowest BCUT2D eigenvalue weighted by molar-refractivity contribution is -0.122. The van der Waals surface area contributed by atoms with Gasteiger partial charge in [-0.05, 0) is 77.9 Å². The Bertz CT molecular complexity index is 1520. The van der Waals surface area contributed by atoms with Gasteiger partial charge < -0.3 is 10.1 Å². The molecule has 39 heavy (non-hydrogen) atoms. The van der Waals surface area contributed by atoms with E-state index in [1.165, 1.54) is 6.07 Å². The zero-order valence-corrected chi connectivity index (χ0v) is 23.3. The second-order valence-electron chi connectivity index (χ2n) is 10.2. The number of hydrogen-bond acceptors (Lipinski definition) is 5. The second-order valence-corrected chi connectivity index (χ2v) is 12.1. The summed E-state index contributed by atoms with van der Waals surface area (Å²) in [7, 11) is 0. The van der Waals surface area contributed by atoms with Gasteiger partial charge in [0, 0.05) is 22.6 Å². The summed E-state index contributed by atoms with van der Waals surface area (Å²) in [6.07, 6.45) is 2.01. The zero-order valence-electron chi connectivity index (χ0n) is 21.7. The van der Waals surface area contributed by atoms with Crippen LogP contribution >= 0.6 is 23.1 Å². The van der Waals surface area contributed by atoms with E-state index in [0.717, 1.165) is 45.0 Å². The molecule has 6 rings (SSSR count). The predicted octanol–water partition coefficient (Wildman–Crippen LogP) is 7.18. The van der Waals surface area contributed by atoms with Crippen molar-refractivity contribution in [3.63, 3.8) is 0 Å². The average Bonchev–Trinajstić information content (AvgIpc) is 3.48. The standard InChI is InChI=1S/C32H29FN2O2S2/c1-20-7-3-4-11-27(20)39-30-21(2)18-32(35-31(30)36,23-14-16-38-19-23)28-12-5-8-24(34-28)17-22-13-15-37-29-25(22)9-6-10-26(29)33/h3-12,14,16,19,22,30H,2,13,15,17-18H2,1H3,(H,35,36)/t22-,30?,32?/m0/s1. The van der Waals surface area contributed by atoms with Gasteiger partial charge in [0.05, 0.1) is 12.3 Å². The van der Waals surface area contributed by atoms with Crippen LogP contribution < -0.4 is 10.1 Å². The summed E-state index contributed by atoms with van der Waals surface area (Å²) in [6, 6.07) is 21.3. The molecular weight excluding hydrogens is 527 g/mol. The van der Waals surface area contributed by atoms with Crippen LogP contribution in [0.5, 0.6) is 5.75 Å². The molecule has 1 amide bonds. The molecule has 3 atom stereocenters. The van der Waals surface area contributed by atoms with E-state index in [1.807, 2.05) is 47.8 Å². The van der Waals surface area contributed by atoms with E-state index >= 15 is 0 Å². The Labute approximate surface area is 236 Å². The van der Waals surface area contributed by atoms with Gasteiger partial charge in [-0.1, -0.05) is 48.6 Å². The van der Waals surface area contributed by atoms with Crippen molar-refractivity contribution >= 4 is 29.0 Å². The number of fused-ring (bicyclic) bond motifs is 1. The number of aryl methyl sites for hydroxylation is 1. The monoisotopic (exact) mass is 556 g/mol. The Kier molecular flexibility index (Phi) is 7.04. The highest BCUT2D eigenvalue weighted by atomic mass is 32.2. The molecule has 0 aliphatic carbocycles. The molecule has 2 aliphatic heterocycles. The number of halogens is 1. The molecule has 7 heteroatoms. The van der Waals surface area contributed by atoms with E-state index in [9.17, 15) is 9.18 Å². The molecule has 1 fully saturated rings. The summed E-state index contributed by atoms with van der Waals surface area (Å²) >= 11 is 3.15. The fraction of sp³-hybridized carbons (Fsp3) is 0.250. The maximum absolute atomic E-state index is 14.4. The fourth-order valence-corrected chi connectivity index (χ4v) is 7.44. The van der Waals surface area contributed by atoms with Crippen LogP contribution in [0, 0.1) is 12.7 Å². The van der Waals surface area contributed by atoms with Crippen molar-refractivity contribution in [3.8, 4) is 5.75 Å². The van der Waals surface area contributed by atoms with Gasteiger partial charge in [0.2, 0.25) is 5.91 Å². The van der Waals surface area contributed by atoms with Crippen molar-refractivity contribution in [1.82, 2.24) is 10.3 Å². The summed E-state index contributed by atoms with van der Waals surface area (Å²) in [6.45, 7) is 6.93. The van der Waals surface area contributed by atoms with Crippen LogP contribution in [-0.4, -0.2) is 22.7 Å². The van der Waals surface area contributed by atoms with Crippen LogP contribution in [-0.2, 0) is 16.8 Å². The summed E-state index contributed by atoms with van der Waals surface area (Å²) in [5.41, 5.74) is 4.80. The fourth-order valence-electron chi connectivity index (χ4n) is 5.63. The van der Waals surface area contributed by atoms with E-state index in [-0.39, 0.29) is 22.9 Å². The lowest BCUT2D eigenvalue weighted by Crippen LogP contribution is -2.55. The van der Waals surface area contributed by atoms with Crippen molar-refractivity contribution in [2.24, 2.45) is 0 Å². The van der Waals surface area contributed by atoms with Gasteiger partial charge in [0.15, 0.2) is 11.6 Å². The number of thiophene rings is 1. The first kappa shape index (κ1) is 25.8. The maximum atomic E-state index is 14.4. The number of para-hydroxylation sites is 1. The van der Waals surface area contributed by atoms with Gasteiger partial charge in [-0.2, -0.15) is 11.3 Å². The van der Waals surface area contributed by atoms with E-state index in [2.05, 4.69) is 36.3 Å². The molecule has 2 aromatic carbocycles. The van der Waals surface area contributed by atoms with E-state index in [0.29, 0.717) is 25.2 Å². The Morgan fingerprint density at radius 2 is 2.00 bits per heavy atom.